The molecule has 0 aliphatic heterocycles. The summed E-state index contributed by atoms with van der Waals surface area (Å²) in [4.78, 5) is 16.7. The SMILES string of the molecule is CCCCc1ccc(C#N)c(SCCC(=O)Nc2cccc(Cl)c2Cl)n1. The molecule has 0 spiro atoms. The van der Waals surface area contributed by atoms with Crippen molar-refractivity contribution >= 4 is 46.6 Å². The van der Waals surface area contributed by atoms with Crippen LogP contribution in [-0.4, -0.2) is 16.6 Å². The minimum Gasteiger partial charge on any atom is -0.325 e. The van der Waals surface area contributed by atoms with Crippen LogP contribution >= 0.6 is 35.0 Å². The molecular weight excluding hydrogens is 389 g/mol. The first-order chi connectivity index (χ1) is 12.5. The third-order valence-corrected chi connectivity index (χ3v) is 5.43. The Morgan fingerprint density at radius 3 is 2.85 bits per heavy atom. The van der Waals surface area contributed by atoms with Crippen LogP contribution in [0.2, 0.25) is 10.0 Å². The minimum atomic E-state index is -0.165. The van der Waals surface area contributed by atoms with Crippen molar-refractivity contribution in [3.63, 3.8) is 0 Å². The van der Waals surface area contributed by atoms with E-state index in [9.17, 15) is 10.1 Å². The highest BCUT2D eigenvalue weighted by molar-refractivity contribution is 7.99. The summed E-state index contributed by atoms with van der Waals surface area (Å²) in [6.07, 6.45) is 3.32. The number of carbonyl (C=O) groups excluding carboxylic acids is 1. The number of nitrogens with one attached hydrogen (secondary N) is 1. The average Bonchev–Trinajstić information content (AvgIpc) is 2.64. The number of aromatic nitrogens is 1. The molecule has 0 aliphatic carbocycles. The van der Waals surface area contributed by atoms with Gasteiger partial charge in [-0.2, -0.15) is 5.26 Å². The molecule has 0 radical (unpaired) electrons. The summed E-state index contributed by atoms with van der Waals surface area (Å²) in [5, 5.41) is 13.4. The zero-order valence-electron chi connectivity index (χ0n) is 14.4. The van der Waals surface area contributed by atoms with Gasteiger partial charge in [0.15, 0.2) is 0 Å². The van der Waals surface area contributed by atoms with Crippen molar-refractivity contribution in [3.8, 4) is 6.07 Å². The second kappa shape index (κ2) is 10.4. The quantitative estimate of drug-likeness (QED) is 0.567. The molecule has 2 rings (SSSR count). The van der Waals surface area contributed by atoms with E-state index in [4.69, 9.17) is 23.2 Å². The molecule has 1 aromatic heterocycles. The van der Waals surface area contributed by atoms with E-state index in [-0.39, 0.29) is 12.3 Å². The largest absolute Gasteiger partial charge is 0.325 e. The van der Waals surface area contributed by atoms with Gasteiger partial charge in [-0.3, -0.25) is 4.79 Å². The standard InChI is InChI=1S/C19H19Cl2N3OS/c1-2-3-5-14-9-8-13(12-22)19(23-14)26-11-10-17(25)24-16-7-4-6-15(20)18(16)21/h4,6-9H,2-3,5,10-11H2,1H3,(H,24,25). The maximum Gasteiger partial charge on any atom is 0.225 e. The summed E-state index contributed by atoms with van der Waals surface area (Å²) < 4.78 is 0. The lowest BCUT2D eigenvalue weighted by atomic mass is 10.2. The lowest BCUT2D eigenvalue weighted by Gasteiger charge is -2.09. The van der Waals surface area contributed by atoms with Crippen molar-refractivity contribution < 1.29 is 4.79 Å². The molecule has 0 unspecified atom stereocenters. The average molecular weight is 408 g/mol. The van der Waals surface area contributed by atoms with Crippen LogP contribution in [0.5, 0.6) is 0 Å². The third kappa shape index (κ3) is 5.91. The fourth-order valence-electron chi connectivity index (χ4n) is 2.22. The molecule has 0 fully saturated rings. The number of halogens is 2. The van der Waals surface area contributed by atoms with Crippen LogP contribution in [0.15, 0.2) is 35.4 Å². The number of nitrogens with zero attached hydrogens (tertiary/aromatic N) is 2. The molecule has 1 amide bonds. The van der Waals surface area contributed by atoms with Gasteiger partial charge in [0.25, 0.3) is 0 Å². The number of rotatable bonds is 8. The second-order valence-electron chi connectivity index (χ2n) is 5.62. The number of benzene rings is 1. The van der Waals surface area contributed by atoms with E-state index in [2.05, 4.69) is 23.3 Å². The molecule has 7 heteroatoms. The van der Waals surface area contributed by atoms with Crippen LogP contribution in [0.3, 0.4) is 0 Å². The molecule has 2 aromatic rings. The Labute approximate surface area is 167 Å². The number of unbranched alkanes of at least 4 members (excludes halogenated alkanes) is 1. The summed E-state index contributed by atoms with van der Waals surface area (Å²) in [6, 6.07) is 10.9. The fraction of sp³-hybridized carbons (Fsp3) is 0.316. The number of thioether (sulfide) groups is 1. The molecule has 1 heterocycles. The van der Waals surface area contributed by atoms with E-state index in [0.29, 0.717) is 32.1 Å². The van der Waals surface area contributed by atoms with Crippen molar-refractivity contribution in [2.75, 3.05) is 11.1 Å². The molecule has 26 heavy (non-hydrogen) atoms. The number of hydrogen-bond donors (Lipinski definition) is 1. The van der Waals surface area contributed by atoms with Crippen LogP contribution < -0.4 is 5.32 Å². The molecule has 4 nitrogen and oxygen atoms in total. The lowest BCUT2D eigenvalue weighted by molar-refractivity contribution is -0.115. The van der Waals surface area contributed by atoms with Crippen molar-refractivity contribution in [1.29, 1.82) is 5.26 Å². The molecule has 0 saturated carbocycles. The lowest BCUT2D eigenvalue weighted by Crippen LogP contribution is -2.12. The van der Waals surface area contributed by atoms with Crippen molar-refractivity contribution in [1.82, 2.24) is 4.98 Å². The molecular formula is C19H19Cl2N3OS. The Morgan fingerprint density at radius 2 is 2.12 bits per heavy atom. The summed E-state index contributed by atoms with van der Waals surface area (Å²) in [6.45, 7) is 2.13. The molecule has 1 aromatic carbocycles. The zero-order valence-corrected chi connectivity index (χ0v) is 16.7. The van der Waals surface area contributed by atoms with Gasteiger partial charge < -0.3 is 5.32 Å². The highest BCUT2D eigenvalue weighted by atomic mass is 35.5. The third-order valence-electron chi connectivity index (χ3n) is 3.62. The Bertz CT molecular complexity index is 821. The number of hydrogen-bond acceptors (Lipinski definition) is 4. The molecule has 0 saturated heterocycles. The molecule has 0 atom stereocenters. The number of pyridine rings is 1. The zero-order chi connectivity index (χ0) is 18.9. The van der Waals surface area contributed by atoms with Gasteiger partial charge in [0.05, 0.1) is 21.3 Å². The Balaban J connectivity index is 1.93. The summed E-state index contributed by atoms with van der Waals surface area (Å²) in [7, 11) is 0. The smallest absolute Gasteiger partial charge is 0.225 e. The van der Waals surface area contributed by atoms with Crippen molar-refractivity contribution in [3.05, 3.63) is 51.6 Å². The predicted molar refractivity (Wildman–Crippen MR) is 108 cm³/mol. The van der Waals surface area contributed by atoms with E-state index < -0.39 is 0 Å². The van der Waals surface area contributed by atoms with Crippen molar-refractivity contribution in [2.24, 2.45) is 0 Å². The van der Waals surface area contributed by atoms with Crippen LogP contribution in [0, 0.1) is 11.3 Å². The first-order valence-electron chi connectivity index (χ1n) is 8.31. The van der Waals surface area contributed by atoms with Gasteiger partial charge in [0.1, 0.15) is 11.1 Å². The van der Waals surface area contributed by atoms with E-state index in [1.54, 1.807) is 24.3 Å². The topological polar surface area (TPSA) is 65.8 Å². The highest BCUT2D eigenvalue weighted by Crippen LogP contribution is 2.29. The fourth-order valence-corrected chi connectivity index (χ4v) is 3.50. The van der Waals surface area contributed by atoms with Gasteiger partial charge in [-0.15, -0.1) is 11.8 Å². The summed E-state index contributed by atoms with van der Waals surface area (Å²) >= 11 is 13.4. The van der Waals surface area contributed by atoms with Gasteiger partial charge >= 0.3 is 0 Å². The van der Waals surface area contributed by atoms with Gasteiger partial charge in [-0.05, 0) is 37.1 Å². The van der Waals surface area contributed by atoms with Gasteiger partial charge in [-0.1, -0.05) is 42.6 Å². The van der Waals surface area contributed by atoms with Gasteiger partial charge in [0, 0.05) is 17.9 Å². The summed E-state index contributed by atoms with van der Waals surface area (Å²) in [5.74, 6) is 0.352. The van der Waals surface area contributed by atoms with Gasteiger partial charge in [-0.25, -0.2) is 4.98 Å². The van der Waals surface area contributed by atoms with E-state index in [0.717, 1.165) is 25.0 Å². The first kappa shape index (κ1) is 20.6. The van der Waals surface area contributed by atoms with Crippen LogP contribution in [0.25, 0.3) is 0 Å². The maximum atomic E-state index is 12.1. The summed E-state index contributed by atoms with van der Waals surface area (Å²) in [5.41, 5.74) is 2.00. The van der Waals surface area contributed by atoms with Crippen LogP contribution in [0.1, 0.15) is 37.4 Å². The van der Waals surface area contributed by atoms with E-state index >= 15 is 0 Å². The van der Waals surface area contributed by atoms with Crippen LogP contribution in [-0.2, 0) is 11.2 Å². The number of amides is 1. The Kier molecular flexibility index (Phi) is 8.24. The Morgan fingerprint density at radius 1 is 1.31 bits per heavy atom. The number of aryl methyl sites for hydroxylation is 1. The molecule has 1 N–H and O–H groups in total. The van der Waals surface area contributed by atoms with Gasteiger partial charge in [0.2, 0.25) is 5.91 Å². The Hall–Kier alpha value is -1.74. The normalized spacial score (nSPS) is 10.4. The molecule has 136 valence electrons. The predicted octanol–water partition coefficient (Wildman–Crippen LogP) is 5.72. The van der Waals surface area contributed by atoms with E-state index in [1.165, 1.54) is 11.8 Å². The minimum absolute atomic E-state index is 0.165. The molecule has 0 aliphatic rings. The first-order valence-corrected chi connectivity index (χ1v) is 10.1. The van der Waals surface area contributed by atoms with Crippen LogP contribution in [0.4, 0.5) is 5.69 Å². The maximum absolute atomic E-state index is 12.1. The highest BCUT2D eigenvalue weighted by Gasteiger charge is 2.10. The van der Waals surface area contributed by atoms with Crippen molar-refractivity contribution in [2.45, 2.75) is 37.6 Å². The van der Waals surface area contributed by atoms with E-state index in [1.807, 2.05) is 6.07 Å². The number of nitriles is 1. The number of anilines is 1. The second-order valence-corrected chi connectivity index (χ2v) is 7.49. The molecule has 0 bridgehead atoms. The monoisotopic (exact) mass is 407 g/mol. The number of carbonyl (C=O) groups is 1.